The second kappa shape index (κ2) is 6.33. The van der Waals surface area contributed by atoms with E-state index in [-0.39, 0.29) is 6.61 Å². The molecule has 0 fully saturated rings. The van der Waals surface area contributed by atoms with Crippen molar-refractivity contribution in [3.05, 3.63) is 63.6 Å². The number of halogens is 3. The molecule has 0 bridgehead atoms. The van der Waals surface area contributed by atoms with Crippen LogP contribution in [0.5, 0.6) is 5.75 Å². The van der Waals surface area contributed by atoms with Crippen LogP contribution < -0.4 is 4.74 Å². The fourth-order valence-electron chi connectivity index (χ4n) is 1.83. The third-order valence-electron chi connectivity index (χ3n) is 2.74. The highest BCUT2D eigenvalue weighted by Gasteiger charge is 2.10. The van der Waals surface area contributed by atoms with E-state index in [2.05, 4.69) is 15.9 Å². The standard InChI is InChI=1S/C15H13BrF2O2/c1-9(19)14-3-2-11(16)6-15(14)20-8-10-4-12(17)7-13(18)5-10/h2-7,9,19H,8H2,1H3/t9-/m1/s1. The maximum absolute atomic E-state index is 13.1. The van der Waals surface area contributed by atoms with Crippen molar-refractivity contribution in [3.8, 4) is 5.75 Å². The highest BCUT2D eigenvalue weighted by atomic mass is 79.9. The molecule has 0 amide bonds. The molecule has 0 aliphatic heterocycles. The van der Waals surface area contributed by atoms with E-state index in [1.54, 1.807) is 25.1 Å². The number of aliphatic hydroxyl groups is 1. The van der Waals surface area contributed by atoms with E-state index in [0.717, 1.165) is 10.5 Å². The predicted octanol–water partition coefficient (Wildman–Crippen LogP) is 4.36. The minimum absolute atomic E-state index is 0.0187. The van der Waals surface area contributed by atoms with Crippen molar-refractivity contribution in [3.63, 3.8) is 0 Å². The molecular formula is C15H13BrF2O2. The molecule has 0 saturated heterocycles. The Labute approximate surface area is 124 Å². The summed E-state index contributed by atoms with van der Waals surface area (Å²) < 4.78 is 32.5. The van der Waals surface area contributed by atoms with E-state index >= 15 is 0 Å². The summed E-state index contributed by atoms with van der Waals surface area (Å²) >= 11 is 3.31. The molecule has 0 spiro atoms. The third kappa shape index (κ3) is 3.77. The number of aliphatic hydroxyl groups excluding tert-OH is 1. The van der Waals surface area contributed by atoms with Crippen LogP contribution in [0.3, 0.4) is 0 Å². The van der Waals surface area contributed by atoms with Crippen LogP contribution in [-0.4, -0.2) is 5.11 Å². The summed E-state index contributed by atoms with van der Waals surface area (Å²) in [4.78, 5) is 0. The maximum Gasteiger partial charge on any atom is 0.126 e. The largest absolute Gasteiger partial charge is 0.488 e. The summed E-state index contributed by atoms with van der Waals surface area (Å²) in [5.74, 6) is -0.818. The SMILES string of the molecule is C[C@@H](O)c1ccc(Br)cc1OCc1cc(F)cc(F)c1. The van der Waals surface area contributed by atoms with Gasteiger partial charge in [0.2, 0.25) is 0 Å². The van der Waals surface area contributed by atoms with Gasteiger partial charge in [-0.3, -0.25) is 0 Å². The van der Waals surface area contributed by atoms with E-state index in [9.17, 15) is 13.9 Å². The molecule has 0 saturated carbocycles. The number of hydrogen-bond donors (Lipinski definition) is 1. The van der Waals surface area contributed by atoms with E-state index < -0.39 is 17.7 Å². The van der Waals surface area contributed by atoms with Gasteiger partial charge in [0.05, 0.1) is 6.10 Å². The van der Waals surface area contributed by atoms with Crippen molar-refractivity contribution in [2.45, 2.75) is 19.6 Å². The van der Waals surface area contributed by atoms with Crippen LogP contribution in [0.15, 0.2) is 40.9 Å². The van der Waals surface area contributed by atoms with Crippen LogP contribution in [0, 0.1) is 11.6 Å². The zero-order chi connectivity index (χ0) is 14.7. The van der Waals surface area contributed by atoms with Crippen LogP contribution in [-0.2, 0) is 6.61 Å². The van der Waals surface area contributed by atoms with Crippen molar-refractivity contribution in [2.24, 2.45) is 0 Å². The fourth-order valence-corrected chi connectivity index (χ4v) is 2.17. The summed E-state index contributed by atoms with van der Waals surface area (Å²) in [6.45, 7) is 1.64. The smallest absolute Gasteiger partial charge is 0.126 e. The van der Waals surface area contributed by atoms with Gasteiger partial charge in [-0.1, -0.05) is 22.0 Å². The minimum atomic E-state index is -0.692. The molecule has 106 valence electrons. The minimum Gasteiger partial charge on any atom is -0.488 e. The summed E-state index contributed by atoms with van der Waals surface area (Å²) in [5.41, 5.74) is 1.00. The number of rotatable bonds is 4. The molecule has 0 radical (unpaired) electrons. The van der Waals surface area contributed by atoms with Gasteiger partial charge in [-0.2, -0.15) is 0 Å². The van der Waals surface area contributed by atoms with Gasteiger partial charge in [-0.25, -0.2) is 8.78 Å². The Morgan fingerprint density at radius 1 is 1.15 bits per heavy atom. The Hall–Kier alpha value is -1.46. The summed E-state index contributed by atoms with van der Waals surface area (Å²) in [6.07, 6.45) is -0.692. The lowest BCUT2D eigenvalue weighted by Crippen LogP contribution is -2.02. The lowest BCUT2D eigenvalue weighted by Gasteiger charge is -2.14. The second-order valence-electron chi connectivity index (χ2n) is 4.42. The van der Waals surface area contributed by atoms with Crippen molar-refractivity contribution >= 4 is 15.9 Å². The van der Waals surface area contributed by atoms with Gasteiger partial charge in [0.15, 0.2) is 0 Å². The molecule has 2 aromatic carbocycles. The molecule has 2 aromatic rings. The van der Waals surface area contributed by atoms with Gasteiger partial charge in [-0.05, 0) is 36.8 Å². The Balaban J connectivity index is 2.20. The van der Waals surface area contributed by atoms with Crippen molar-refractivity contribution in [1.29, 1.82) is 0 Å². The topological polar surface area (TPSA) is 29.5 Å². The normalized spacial score (nSPS) is 12.2. The molecular weight excluding hydrogens is 330 g/mol. The van der Waals surface area contributed by atoms with Gasteiger partial charge in [0.1, 0.15) is 24.0 Å². The average molecular weight is 343 g/mol. The Morgan fingerprint density at radius 3 is 2.40 bits per heavy atom. The van der Waals surface area contributed by atoms with Gasteiger partial charge in [0, 0.05) is 16.1 Å². The molecule has 0 unspecified atom stereocenters. The van der Waals surface area contributed by atoms with E-state index in [1.807, 2.05) is 0 Å². The molecule has 1 atom stereocenters. The summed E-state index contributed by atoms with van der Waals surface area (Å²) in [7, 11) is 0. The zero-order valence-corrected chi connectivity index (χ0v) is 12.3. The van der Waals surface area contributed by atoms with Gasteiger partial charge < -0.3 is 9.84 Å². The average Bonchev–Trinajstić information content (AvgIpc) is 2.35. The van der Waals surface area contributed by atoms with Crippen LogP contribution in [0.25, 0.3) is 0 Å². The third-order valence-corrected chi connectivity index (χ3v) is 3.24. The summed E-state index contributed by atoms with van der Waals surface area (Å²) in [6, 6.07) is 8.46. The molecule has 1 N–H and O–H groups in total. The fraction of sp³-hybridized carbons (Fsp3) is 0.200. The van der Waals surface area contributed by atoms with E-state index in [4.69, 9.17) is 4.74 Å². The van der Waals surface area contributed by atoms with Crippen molar-refractivity contribution in [2.75, 3.05) is 0 Å². The highest BCUT2D eigenvalue weighted by Crippen LogP contribution is 2.29. The Bertz CT molecular complexity index is 595. The van der Waals surface area contributed by atoms with E-state index in [0.29, 0.717) is 16.9 Å². The summed E-state index contributed by atoms with van der Waals surface area (Å²) in [5, 5.41) is 9.67. The van der Waals surface area contributed by atoms with Crippen LogP contribution in [0.1, 0.15) is 24.2 Å². The first kappa shape index (κ1) is 14.9. The quantitative estimate of drug-likeness (QED) is 0.894. The second-order valence-corrected chi connectivity index (χ2v) is 5.34. The lowest BCUT2D eigenvalue weighted by molar-refractivity contribution is 0.190. The molecule has 2 nitrogen and oxygen atoms in total. The monoisotopic (exact) mass is 342 g/mol. The lowest BCUT2D eigenvalue weighted by atomic mass is 10.1. The molecule has 2 rings (SSSR count). The number of ether oxygens (including phenoxy) is 1. The molecule has 0 aliphatic carbocycles. The first-order valence-electron chi connectivity index (χ1n) is 6.01. The van der Waals surface area contributed by atoms with Crippen LogP contribution in [0.4, 0.5) is 8.78 Å². The highest BCUT2D eigenvalue weighted by molar-refractivity contribution is 9.10. The predicted molar refractivity (Wildman–Crippen MR) is 75.5 cm³/mol. The molecule has 0 aromatic heterocycles. The number of benzene rings is 2. The van der Waals surface area contributed by atoms with Gasteiger partial charge >= 0.3 is 0 Å². The van der Waals surface area contributed by atoms with Gasteiger partial charge in [0.25, 0.3) is 0 Å². The first-order chi connectivity index (χ1) is 9.45. The Morgan fingerprint density at radius 2 is 1.80 bits per heavy atom. The van der Waals surface area contributed by atoms with Crippen molar-refractivity contribution in [1.82, 2.24) is 0 Å². The zero-order valence-electron chi connectivity index (χ0n) is 10.7. The first-order valence-corrected chi connectivity index (χ1v) is 6.80. The Kier molecular flexibility index (Phi) is 4.73. The molecule has 0 heterocycles. The molecule has 20 heavy (non-hydrogen) atoms. The van der Waals surface area contributed by atoms with Gasteiger partial charge in [-0.15, -0.1) is 0 Å². The maximum atomic E-state index is 13.1. The molecule has 5 heteroatoms. The van der Waals surface area contributed by atoms with Crippen LogP contribution in [0.2, 0.25) is 0 Å². The molecule has 0 aliphatic rings. The van der Waals surface area contributed by atoms with E-state index in [1.165, 1.54) is 12.1 Å². The number of hydrogen-bond acceptors (Lipinski definition) is 2. The van der Waals surface area contributed by atoms with Crippen LogP contribution >= 0.6 is 15.9 Å². The van der Waals surface area contributed by atoms with Crippen molar-refractivity contribution < 1.29 is 18.6 Å².